The van der Waals surface area contributed by atoms with Crippen LogP contribution < -0.4 is 10.6 Å². The number of carbonyl (C=O) groups excluding carboxylic acids is 2. The third kappa shape index (κ3) is 5.68. The molecule has 0 spiro atoms. The Bertz CT molecular complexity index is 1490. The third-order valence-corrected chi connectivity index (χ3v) is 7.09. The van der Waals surface area contributed by atoms with Crippen LogP contribution >= 0.6 is 12.2 Å². The van der Waals surface area contributed by atoms with Crippen molar-refractivity contribution in [2.24, 2.45) is 0 Å². The van der Waals surface area contributed by atoms with E-state index in [0.717, 1.165) is 28.3 Å². The number of anilines is 1. The first kappa shape index (κ1) is 26.1. The fourth-order valence-electron chi connectivity index (χ4n) is 4.82. The van der Waals surface area contributed by atoms with E-state index in [1.807, 2.05) is 89.3 Å². The van der Waals surface area contributed by atoms with Crippen molar-refractivity contribution < 1.29 is 14.3 Å². The van der Waals surface area contributed by atoms with Crippen LogP contribution in [0.3, 0.4) is 0 Å². The fourth-order valence-corrected chi connectivity index (χ4v) is 5.15. The summed E-state index contributed by atoms with van der Waals surface area (Å²) in [6.07, 6.45) is 3.96. The molecule has 1 amide bonds. The van der Waals surface area contributed by atoms with Gasteiger partial charge in [-0.1, -0.05) is 29.8 Å². The average Bonchev–Trinajstić information content (AvgIpc) is 3.57. The average molecular weight is 540 g/mol. The van der Waals surface area contributed by atoms with Gasteiger partial charge in [0.15, 0.2) is 5.11 Å². The second kappa shape index (κ2) is 11.5. The Hall–Kier alpha value is -4.50. The normalized spacial score (nSPS) is 16.6. The van der Waals surface area contributed by atoms with Crippen molar-refractivity contribution in [3.05, 3.63) is 114 Å². The molecule has 1 saturated heterocycles. The number of rotatable bonds is 8. The monoisotopic (exact) mass is 539 g/mol. The van der Waals surface area contributed by atoms with Crippen LogP contribution in [0.2, 0.25) is 0 Å². The quantitative estimate of drug-likeness (QED) is 0.241. The van der Waals surface area contributed by atoms with Crippen molar-refractivity contribution in [1.82, 2.24) is 19.8 Å². The van der Waals surface area contributed by atoms with Crippen LogP contribution in [0.1, 0.15) is 45.8 Å². The van der Waals surface area contributed by atoms with Crippen LogP contribution in [0, 0.1) is 6.92 Å². The molecule has 2 aromatic carbocycles. The molecule has 2 atom stereocenters. The first-order chi connectivity index (χ1) is 18.9. The van der Waals surface area contributed by atoms with E-state index in [4.69, 9.17) is 17.0 Å². The smallest absolute Gasteiger partial charge is 0.337 e. The molecule has 3 heterocycles. The van der Waals surface area contributed by atoms with Crippen molar-refractivity contribution in [1.29, 1.82) is 0 Å². The summed E-state index contributed by atoms with van der Waals surface area (Å²) < 4.78 is 6.95. The van der Waals surface area contributed by atoms with Gasteiger partial charge in [0.2, 0.25) is 5.91 Å². The van der Waals surface area contributed by atoms with Crippen molar-refractivity contribution in [3.8, 4) is 5.69 Å². The summed E-state index contributed by atoms with van der Waals surface area (Å²) in [6.45, 7) is 2.41. The summed E-state index contributed by atoms with van der Waals surface area (Å²) in [6, 6.07) is 24.3. The Kier molecular flexibility index (Phi) is 7.69. The highest BCUT2D eigenvalue weighted by atomic mass is 32.1. The SMILES string of the molecule is COC(=O)c1cccc(-n2cccc2[C@@H]2[C@H](c3ccccn3)NC(=S)N2CCC(=O)Nc2ccc(C)cc2)c1. The molecule has 1 fully saturated rings. The van der Waals surface area contributed by atoms with Crippen LogP contribution in [0.25, 0.3) is 5.69 Å². The molecule has 0 aliphatic carbocycles. The number of nitrogens with zero attached hydrogens (tertiary/aromatic N) is 3. The Morgan fingerprint density at radius 2 is 1.87 bits per heavy atom. The number of amides is 1. The van der Waals surface area contributed by atoms with Gasteiger partial charge in [-0.05, 0) is 73.7 Å². The third-order valence-electron chi connectivity index (χ3n) is 6.74. The van der Waals surface area contributed by atoms with Gasteiger partial charge in [0, 0.05) is 42.4 Å². The summed E-state index contributed by atoms with van der Waals surface area (Å²) in [5.41, 5.74) is 4.94. The zero-order chi connectivity index (χ0) is 27.4. The number of esters is 1. The molecule has 0 radical (unpaired) electrons. The molecule has 2 aromatic heterocycles. The highest BCUT2D eigenvalue weighted by Gasteiger charge is 2.41. The van der Waals surface area contributed by atoms with Gasteiger partial charge in [-0.25, -0.2) is 4.79 Å². The maximum Gasteiger partial charge on any atom is 0.337 e. The highest BCUT2D eigenvalue weighted by Crippen LogP contribution is 2.39. The summed E-state index contributed by atoms with van der Waals surface area (Å²) in [7, 11) is 1.37. The fraction of sp³-hybridized carbons (Fsp3) is 0.200. The van der Waals surface area contributed by atoms with Gasteiger partial charge in [0.05, 0.1) is 30.5 Å². The molecule has 0 bridgehead atoms. The minimum Gasteiger partial charge on any atom is -0.465 e. The van der Waals surface area contributed by atoms with E-state index in [-0.39, 0.29) is 24.4 Å². The largest absolute Gasteiger partial charge is 0.465 e. The molecule has 1 aliphatic rings. The summed E-state index contributed by atoms with van der Waals surface area (Å²) >= 11 is 5.78. The Balaban J connectivity index is 1.45. The molecule has 9 heteroatoms. The molecule has 5 rings (SSSR count). The van der Waals surface area contributed by atoms with Crippen LogP contribution in [0.5, 0.6) is 0 Å². The number of aryl methyl sites for hydroxylation is 1. The zero-order valence-corrected chi connectivity index (χ0v) is 22.5. The predicted molar refractivity (Wildman–Crippen MR) is 154 cm³/mol. The second-order valence-corrected chi connectivity index (χ2v) is 9.72. The van der Waals surface area contributed by atoms with Crippen molar-refractivity contribution in [2.45, 2.75) is 25.4 Å². The number of ether oxygens (including phenoxy) is 1. The van der Waals surface area contributed by atoms with Crippen LogP contribution in [-0.4, -0.2) is 45.1 Å². The molecule has 8 nitrogen and oxygen atoms in total. The highest BCUT2D eigenvalue weighted by molar-refractivity contribution is 7.80. The number of nitrogens with one attached hydrogen (secondary N) is 2. The molecule has 198 valence electrons. The first-order valence-electron chi connectivity index (χ1n) is 12.6. The number of methoxy groups -OCH3 is 1. The zero-order valence-electron chi connectivity index (χ0n) is 21.7. The van der Waals surface area contributed by atoms with Crippen LogP contribution in [0.4, 0.5) is 5.69 Å². The Morgan fingerprint density at radius 1 is 1.05 bits per heavy atom. The summed E-state index contributed by atoms with van der Waals surface area (Å²) in [5.74, 6) is -0.496. The molecule has 2 N–H and O–H groups in total. The molecule has 39 heavy (non-hydrogen) atoms. The molecule has 0 unspecified atom stereocenters. The van der Waals surface area contributed by atoms with E-state index in [1.54, 1.807) is 18.3 Å². The van der Waals surface area contributed by atoms with Gasteiger partial charge in [-0.2, -0.15) is 0 Å². The number of carbonyl (C=O) groups is 2. The van der Waals surface area contributed by atoms with Gasteiger partial charge in [0.25, 0.3) is 0 Å². The lowest BCUT2D eigenvalue weighted by molar-refractivity contribution is -0.116. The van der Waals surface area contributed by atoms with Gasteiger partial charge in [-0.15, -0.1) is 0 Å². The summed E-state index contributed by atoms with van der Waals surface area (Å²) in [4.78, 5) is 31.7. The standard InChI is InChI=1S/C30H29N5O3S/c1-20-11-13-22(14-12-20)32-26(36)15-18-35-28(27(33-30(35)39)24-9-3-4-16-31-24)25-10-6-17-34(25)23-8-5-7-21(19-23)29(37)38-2/h3-14,16-17,19,27-28H,15,18H2,1-2H3,(H,32,36)(H,33,39)/t27-,28+/m0/s1. The van der Waals surface area contributed by atoms with E-state index in [9.17, 15) is 9.59 Å². The van der Waals surface area contributed by atoms with E-state index < -0.39 is 5.97 Å². The Morgan fingerprint density at radius 3 is 2.62 bits per heavy atom. The summed E-state index contributed by atoms with van der Waals surface area (Å²) in [5, 5.41) is 6.95. The first-order valence-corrected chi connectivity index (χ1v) is 13.1. The van der Waals surface area contributed by atoms with E-state index >= 15 is 0 Å². The van der Waals surface area contributed by atoms with Crippen molar-refractivity contribution in [3.63, 3.8) is 0 Å². The number of pyridine rings is 1. The maximum atomic E-state index is 12.9. The van der Waals surface area contributed by atoms with Gasteiger partial charge in [-0.3, -0.25) is 9.78 Å². The minimum absolute atomic E-state index is 0.0946. The number of aromatic nitrogens is 2. The topological polar surface area (TPSA) is 88.5 Å². The molecule has 1 aliphatic heterocycles. The second-order valence-electron chi connectivity index (χ2n) is 9.33. The number of hydrogen-bond acceptors (Lipinski definition) is 5. The van der Waals surface area contributed by atoms with E-state index in [2.05, 4.69) is 15.6 Å². The lowest BCUT2D eigenvalue weighted by Crippen LogP contribution is -2.33. The lowest BCUT2D eigenvalue weighted by Gasteiger charge is -2.29. The van der Waals surface area contributed by atoms with Gasteiger partial charge >= 0.3 is 5.97 Å². The minimum atomic E-state index is -0.401. The van der Waals surface area contributed by atoms with Crippen LogP contribution in [0.15, 0.2) is 91.3 Å². The maximum absolute atomic E-state index is 12.9. The number of thiocarbonyl (C=S) groups is 1. The van der Waals surface area contributed by atoms with E-state index in [1.165, 1.54) is 7.11 Å². The Labute approximate surface area is 232 Å². The molecular formula is C30H29N5O3S. The van der Waals surface area contributed by atoms with Gasteiger partial charge < -0.3 is 24.8 Å². The number of benzene rings is 2. The van der Waals surface area contributed by atoms with Crippen LogP contribution in [-0.2, 0) is 9.53 Å². The lowest BCUT2D eigenvalue weighted by atomic mass is 10.0. The number of hydrogen-bond donors (Lipinski definition) is 2. The molecule has 4 aromatic rings. The van der Waals surface area contributed by atoms with Crippen molar-refractivity contribution >= 4 is 34.9 Å². The molecule has 0 saturated carbocycles. The van der Waals surface area contributed by atoms with Gasteiger partial charge in [0.1, 0.15) is 0 Å². The van der Waals surface area contributed by atoms with E-state index in [0.29, 0.717) is 17.2 Å². The predicted octanol–water partition coefficient (Wildman–Crippen LogP) is 4.97. The molecular weight excluding hydrogens is 510 g/mol. The van der Waals surface area contributed by atoms with Crippen molar-refractivity contribution in [2.75, 3.05) is 19.0 Å².